The largest absolute Gasteiger partial charge is 0.385 e. The van der Waals surface area contributed by atoms with Crippen molar-refractivity contribution in [2.75, 3.05) is 33.4 Å². The zero-order chi connectivity index (χ0) is 18.7. The predicted molar refractivity (Wildman–Crippen MR) is 89.4 cm³/mol. The van der Waals surface area contributed by atoms with Gasteiger partial charge in [0.1, 0.15) is 5.82 Å². The molecule has 3 rings (SSSR count). The molecule has 2 aliphatic heterocycles. The summed E-state index contributed by atoms with van der Waals surface area (Å²) in [6.45, 7) is 2.12. The van der Waals surface area contributed by atoms with E-state index in [4.69, 9.17) is 4.74 Å². The van der Waals surface area contributed by atoms with E-state index in [9.17, 15) is 18.4 Å². The number of rotatable bonds is 5. The Labute approximate surface area is 151 Å². The first-order valence-corrected chi connectivity index (χ1v) is 8.90. The van der Waals surface area contributed by atoms with E-state index in [0.29, 0.717) is 51.6 Å². The van der Waals surface area contributed by atoms with Crippen LogP contribution in [0.1, 0.15) is 36.2 Å². The smallest absolute Gasteiger partial charge is 0.275 e. The molecule has 2 amide bonds. The van der Waals surface area contributed by atoms with E-state index in [1.54, 1.807) is 12.0 Å². The van der Waals surface area contributed by atoms with Gasteiger partial charge in [-0.05, 0) is 25.2 Å². The van der Waals surface area contributed by atoms with Crippen molar-refractivity contribution in [3.63, 3.8) is 0 Å². The van der Waals surface area contributed by atoms with Gasteiger partial charge in [-0.15, -0.1) is 0 Å². The zero-order valence-electron chi connectivity index (χ0n) is 14.8. The number of ether oxygens (including phenoxy) is 1. The fraction of sp³-hybridized carbons (Fsp3) is 0.611. The van der Waals surface area contributed by atoms with Gasteiger partial charge in [0.05, 0.1) is 6.20 Å². The van der Waals surface area contributed by atoms with Gasteiger partial charge in [-0.25, -0.2) is 13.8 Å². The highest BCUT2D eigenvalue weighted by atomic mass is 19.1. The van der Waals surface area contributed by atoms with Crippen LogP contribution in [0.4, 0.5) is 8.78 Å². The van der Waals surface area contributed by atoms with Gasteiger partial charge in [-0.2, -0.15) is 0 Å². The minimum absolute atomic E-state index is 0.100. The maximum absolute atomic E-state index is 13.9. The van der Waals surface area contributed by atoms with Gasteiger partial charge < -0.3 is 14.5 Å². The third kappa shape index (κ3) is 3.85. The number of pyridine rings is 1. The summed E-state index contributed by atoms with van der Waals surface area (Å²) in [7, 11) is 1.63. The van der Waals surface area contributed by atoms with Crippen LogP contribution < -0.4 is 0 Å². The van der Waals surface area contributed by atoms with Crippen LogP contribution in [0.3, 0.4) is 0 Å². The van der Waals surface area contributed by atoms with Gasteiger partial charge in [0.2, 0.25) is 5.91 Å². The highest BCUT2D eigenvalue weighted by molar-refractivity contribution is 5.92. The Kier molecular flexibility index (Phi) is 5.80. The third-order valence-electron chi connectivity index (χ3n) is 5.19. The van der Waals surface area contributed by atoms with E-state index in [1.807, 2.05) is 4.90 Å². The Morgan fingerprint density at radius 1 is 1.38 bits per heavy atom. The Morgan fingerprint density at radius 3 is 2.92 bits per heavy atom. The van der Waals surface area contributed by atoms with E-state index >= 15 is 0 Å². The van der Waals surface area contributed by atoms with E-state index in [0.717, 1.165) is 12.6 Å². The fourth-order valence-corrected chi connectivity index (χ4v) is 3.93. The topological polar surface area (TPSA) is 62.7 Å². The lowest BCUT2D eigenvalue weighted by molar-refractivity contribution is -0.140. The maximum Gasteiger partial charge on any atom is 0.275 e. The summed E-state index contributed by atoms with van der Waals surface area (Å²) in [5.41, 5.74) is -0.353. The number of aromatic nitrogens is 1. The lowest BCUT2D eigenvalue weighted by Crippen LogP contribution is -2.57. The summed E-state index contributed by atoms with van der Waals surface area (Å²) in [6.07, 6.45) is 3.45. The number of hydrogen-bond acceptors (Lipinski definition) is 4. The van der Waals surface area contributed by atoms with Gasteiger partial charge >= 0.3 is 0 Å². The van der Waals surface area contributed by atoms with Crippen molar-refractivity contribution >= 4 is 11.8 Å². The van der Waals surface area contributed by atoms with Crippen molar-refractivity contribution in [2.45, 2.75) is 31.7 Å². The van der Waals surface area contributed by atoms with Gasteiger partial charge in [0, 0.05) is 51.9 Å². The lowest BCUT2D eigenvalue weighted by atomic mass is 9.83. The van der Waals surface area contributed by atoms with Crippen molar-refractivity contribution in [3.05, 3.63) is 29.6 Å². The second-order valence-corrected chi connectivity index (χ2v) is 6.82. The lowest BCUT2D eigenvalue weighted by Gasteiger charge is -2.47. The van der Waals surface area contributed by atoms with Crippen LogP contribution in [0.15, 0.2) is 12.3 Å². The van der Waals surface area contributed by atoms with Crippen molar-refractivity contribution in [3.8, 4) is 0 Å². The number of piperidine rings is 2. The Hall–Kier alpha value is -2.09. The molecule has 0 unspecified atom stereocenters. The molecule has 0 aliphatic carbocycles. The zero-order valence-corrected chi connectivity index (χ0v) is 14.8. The molecule has 1 aromatic rings. The van der Waals surface area contributed by atoms with Gasteiger partial charge in [-0.1, -0.05) is 0 Å². The van der Waals surface area contributed by atoms with E-state index in [-0.39, 0.29) is 23.6 Å². The third-order valence-corrected chi connectivity index (χ3v) is 5.19. The summed E-state index contributed by atoms with van der Waals surface area (Å²) in [5.74, 6) is -1.97. The average Bonchev–Trinajstić information content (AvgIpc) is 2.63. The van der Waals surface area contributed by atoms with Crippen LogP contribution in [0.2, 0.25) is 0 Å². The minimum atomic E-state index is -0.947. The standard InChI is InChI=1S/C18H23F2N3O3/c1-26-8-2-6-23-15-5-7-22(11-12(15)3-4-16(23)24)18(25)17-14(20)9-13(19)10-21-17/h9-10,12,15H,2-8,11H2,1H3/t12-,15+/m0/s1. The number of carbonyl (C=O) groups is 2. The number of amides is 2. The molecule has 8 heteroatoms. The quantitative estimate of drug-likeness (QED) is 0.745. The molecule has 2 saturated heterocycles. The second kappa shape index (κ2) is 8.07. The maximum atomic E-state index is 13.9. The van der Waals surface area contributed by atoms with Gasteiger partial charge in [-0.3, -0.25) is 9.59 Å². The molecule has 2 aliphatic rings. The molecular formula is C18H23F2N3O3. The summed E-state index contributed by atoms with van der Waals surface area (Å²) < 4.78 is 31.9. The molecule has 6 nitrogen and oxygen atoms in total. The number of likely N-dealkylation sites (tertiary alicyclic amines) is 2. The molecule has 1 aromatic heterocycles. The minimum Gasteiger partial charge on any atom is -0.385 e. The van der Waals surface area contributed by atoms with Crippen LogP contribution in [-0.2, 0) is 9.53 Å². The Bertz CT molecular complexity index is 686. The van der Waals surface area contributed by atoms with Crippen molar-refractivity contribution in [2.24, 2.45) is 5.92 Å². The fourth-order valence-electron chi connectivity index (χ4n) is 3.93. The molecule has 0 spiro atoms. The Balaban J connectivity index is 1.67. The van der Waals surface area contributed by atoms with Gasteiger partial charge in [0.25, 0.3) is 5.91 Å². The summed E-state index contributed by atoms with van der Waals surface area (Å²) >= 11 is 0. The summed E-state index contributed by atoms with van der Waals surface area (Å²) in [4.78, 5) is 31.9. The van der Waals surface area contributed by atoms with Crippen LogP contribution in [0.25, 0.3) is 0 Å². The SMILES string of the molecule is COCCCN1C(=O)CC[C@H]2CN(C(=O)c3ncc(F)cc3F)CC[C@H]21. The number of hydrogen-bond donors (Lipinski definition) is 0. The monoisotopic (exact) mass is 367 g/mol. The summed E-state index contributed by atoms with van der Waals surface area (Å²) in [6, 6.07) is 0.771. The summed E-state index contributed by atoms with van der Waals surface area (Å²) in [5, 5.41) is 0. The molecule has 0 radical (unpaired) electrons. The van der Waals surface area contributed by atoms with Crippen LogP contribution >= 0.6 is 0 Å². The first-order valence-electron chi connectivity index (χ1n) is 8.90. The average molecular weight is 367 g/mol. The first-order chi connectivity index (χ1) is 12.5. The molecule has 0 bridgehead atoms. The number of methoxy groups -OCH3 is 1. The van der Waals surface area contributed by atoms with E-state index in [2.05, 4.69) is 4.98 Å². The number of carbonyl (C=O) groups excluding carboxylic acids is 2. The second-order valence-electron chi connectivity index (χ2n) is 6.82. The molecule has 3 heterocycles. The molecule has 2 fully saturated rings. The van der Waals surface area contributed by atoms with Crippen LogP contribution in [0.5, 0.6) is 0 Å². The number of fused-ring (bicyclic) bond motifs is 1. The van der Waals surface area contributed by atoms with Crippen LogP contribution in [-0.4, -0.2) is 66.0 Å². The normalized spacial score (nSPS) is 23.1. The Morgan fingerprint density at radius 2 is 2.19 bits per heavy atom. The van der Waals surface area contributed by atoms with E-state index in [1.165, 1.54) is 0 Å². The number of halogens is 2. The van der Waals surface area contributed by atoms with Crippen molar-refractivity contribution in [1.82, 2.24) is 14.8 Å². The molecule has 2 atom stereocenters. The first kappa shape index (κ1) is 18.7. The molecule has 0 aromatic carbocycles. The molecule has 0 saturated carbocycles. The van der Waals surface area contributed by atoms with Gasteiger partial charge in [0.15, 0.2) is 11.5 Å². The molecule has 26 heavy (non-hydrogen) atoms. The van der Waals surface area contributed by atoms with Crippen molar-refractivity contribution < 1.29 is 23.1 Å². The molecular weight excluding hydrogens is 344 g/mol. The highest BCUT2D eigenvalue weighted by Gasteiger charge is 2.40. The molecule has 0 N–H and O–H groups in total. The number of nitrogens with zero attached hydrogens (tertiary/aromatic N) is 3. The van der Waals surface area contributed by atoms with Crippen LogP contribution in [0, 0.1) is 17.6 Å². The van der Waals surface area contributed by atoms with Crippen molar-refractivity contribution in [1.29, 1.82) is 0 Å². The van der Waals surface area contributed by atoms with E-state index < -0.39 is 17.5 Å². The highest BCUT2D eigenvalue weighted by Crippen LogP contribution is 2.32. The molecule has 142 valence electrons. The predicted octanol–water partition coefficient (Wildman–Crippen LogP) is 1.85.